The highest BCUT2D eigenvalue weighted by Crippen LogP contribution is 2.27. The standard InChI is InChI=1S/C20H25ClN2O3/c1-3-26-13-7-12-22-19(15-8-5-4-6-9-15)20(24)23-16-10-11-18(25-2)17(21)14-16/h4-6,8-11,14,19,22H,3,7,12-13H2,1-2H3,(H,23,24)/p+1/t19-/m0/s1. The van der Waals surface area contributed by atoms with Gasteiger partial charge in [-0.3, -0.25) is 4.79 Å². The Labute approximate surface area is 159 Å². The van der Waals surface area contributed by atoms with Gasteiger partial charge in [-0.25, -0.2) is 0 Å². The van der Waals surface area contributed by atoms with Gasteiger partial charge in [-0.15, -0.1) is 0 Å². The third kappa shape index (κ3) is 6.02. The van der Waals surface area contributed by atoms with E-state index in [9.17, 15) is 4.79 Å². The molecule has 1 amide bonds. The van der Waals surface area contributed by atoms with E-state index in [1.165, 1.54) is 0 Å². The lowest BCUT2D eigenvalue weighted by Gasteiger charge is -2.16. The van der Waals surface area contributed by atoms with Gasteiger partial charge in [0, 0.05) is 24.3 Å². The second-order valence-corrected chi connectivity index (χ2v) is 6.21. The predicted octanol–water partition coefficient (Wildman–Crippen LogP) is 3.02. The molecule has 0 bridgehead atoms. The maximum Gasteiger partial charge on any atom is 0.287 e. The molecular weight excluding hydrogens is 352 g/mol. The van der Waals surface area contributed by atoms with Crippen molar-refractivity contribution in [1.82, 2.24) is 0 Å². The van der Waals surface area contributed by atoms with Crippen molar-refractivity contribution in [2.24, 2.45) is 0 Å². The first-order valence-corrected chi connectivity index (χ1v) is 9.14. The molecule has 0 saturated heterocycles. The van der Waals surface area contributed by atoms with Crippen LogP contribution in [0.2, 0.25) is 5.02 Å². The third-order valence-electron chi connectivity index (χ3n) is 3.96. The van der Waals surface area contributed by atoms with Crippen molar-refractivity contribution in [1.29, 1.82) is 0 Å². The van der Waals surface area contributed by atoms with Crippen molar-refractivity contribution in [3.05, 3.63) is 59.1 Å². The van der Waals surface area contributed by atoms with Crippen molar-refractivity contribution >= 4 is 23.2 Å². The normalized spacial score (nSPS) is 11.8. The van der Waals surface area contributed by atoms with E-state index >= 15 is 0 Å². The van der Waals surface area contributed by atoms with Crippen LogP contribution in [0.1, 0.15) is 24.9 Å². The summed E-state index contributed by atoms with van der Waals surface area (Å²) in [7, 11) is 1.56. The van der Waals surface area contributed by atoms with E-state index in [1.807, 2.05) is 42.6 Å². The van der Waals surface area contributed by atoms with E-state index in [0.29, 0.717) is 29.7 Å². The van der Waals surface area contributed by atoms with Crippen LogP contribution in [-0.4, -0.2) is 32.8 Å². The van der Waals surface area contributed by atoms with Gasteiger partial charge in [0.25, 0.3) is 5.91 Å². The second-order valence-electron chi connectivity index (χ2n) is 5.80. The summed E-state index contributed by atoms with van der Waals surface area (Å²) in [4.78, 5) is 12.9. The van der Waals surface area contributed by atoms with Crippen LogP contribution in [0.3, 0.4) is 0 Å². The zero-order valence-electron chi connectivity index (χ0n) is 15.2. The number of carbonyl (C=O) groups is 1. The van der Waals surface area contributed by atoms with Crippen molar-refractivity contribution in [3.63, 3.8) is 0 Å². The maximum atomic E-state index is 12.9. The molecule has 1 atom stereocenters. The molecule has 0 spiro atoms. The highest BCUT2D eigenvalue weighted by Gasteiger charge is 2.24. The van der Waals surface area contributed by atoms with E-state index in [1.54, 1.807) is 25.3 Å². The molecule has 26 heavy (non-hydrogen) atoms. The van der Waals surface area contributed by atoms with Crippen molar-refractivity contribution < 1.29 is 19.6 Å². The van der Waals surface area contributed by atoms with E-state index < -0.39 is 0 Å². The first kappa shape index (κ1) is 20.2. The van der Waals surface area contributed by atoms with Crippen LogP contribution < -0.4 is 15.4 Å². The Kier molecular flexibility index (Phi) is 8.41. The fourth-order valence-electron chi connectivity index (χ4n) is 2.63. The summed E-state index contributed by atoms with van der Waals surface area (Å²) in [6.07, 6.45) is 0.888. The summed E-state index contributed by atoms with van der Waals surface area (Å²) < 4.78 is 10.5. The van der Waals surface area contributed by atoms with Crippen LogP contribution >= 0.6 is 11.6 Å². The topological polar surface area (TPSA) is 64.2 Å². The molecule has 0 aliphatic heterocycles. The molecule has 6 heteroatoms. The van der Waals surface area contributed by atoms with Gasteiger partial charge in [-0.2, -0.15) is 0 Å². The molecular formula is C20H26ClN2O3+. The molecule has 0 aliphatic carbocycles. The number of hydrogen-bond donors (Lipinski definition) is 2. The minimum atomic E-state index is -0.335. The number of nitrogens with two attached hydrogens (primary N) is 1. The Hall–Kier alpha value is -2.08. The van der Waals surface area contributed by atoms with E-state index in [0.717, 1.165) is 18.5 Å². The molecule has 3 N–H and O–H groups in total. The lowest BCUT2D eigenvalue weighted by Crippen LogP contribution is -2.87. The smallest absolute Gasteiger partial charge is 0.287 e. The van der Waals surface area contributed by atoms with Crippen LogP contribution in [0, 0.1) is 0 Å². The molecule has 0 aliphatic rings. The predicted molar refractivity (Wildman–Crippen MR) is 104 cm³/mol. The fourth-order valence-corrected chi connectivity index (χ4v) is 2.89. The van der Waals surface area contributed by atoms with E-state index in [2.05, 4.69) is 5.32 Å². The van der Waals surface area contributed by atoms with Crippen LogP contribution in [0.5, 0.6) is 5.75 Å². The maximum absolute atomic E-state index is 12.9. The van der Waals surface area contributed by atoms with Crippen LogP contribution in [0.25, 0.3) is 0 Å². The van der Waals surface area contributed by atoms with E-state index in [-0.39, 0.29) is 11.9 Å². The molecule has 0 unspecified atom stereocenters. The summed E-state index contributed by atoms with van der Waals surface area (Å²) in [5, 5.41) is 5.44. The Balaban J connectivity index is 2.06. The number of amides is 1. The number of benzene rings is 2. The van der Waals surface area contributed by atoms with Crippen molar-refractivity contribution in [2.45, 2.75) is 19.4 Å². The van der Waals surface area contributed by atoms with Gasteiger partial charge >= 0.3 is 0 Å². The monoisotopic (exact) mass is 377 g/mol. The number of halogens is 1. The molecule has 0 heterocycles. The quantitative estimate of drug-likeness (QED) is 0.625. The van der Waals surface area contributed by atoms with Gasteiger partial charge in [0.2, 0.25) is 0 Å². The van der Waals surface area contributed by atoms with Crippen LogP contribution in [-0.2, 0) is 9.53 Å². The minimum Gasteiger partial charge on any atom is -0.495 e. The summed E-state index contributed by atoms with van der Waals surface area (Å²) in [5.74, 6) is 0.487. The van der Waals surface area contributed by atoms with Gasteiger partial charge in [-0.1, -0.05) is 41.9 Å². The molecule has 2 aromatic rings. The molecule has 2 rings (SSSR count). The Bertz CT molecular complexity index is 695. The number of hydrogen-bond acceptors (Lipinski definition) is 3. The number of methoxy groups -OCH3 is 1. The average molecular weight is 378 g/mol. The van der Waals surface area contributed by atoms with Crippen molar-refractivity contribution in [3.8, 4) is 5.75 Å². The average Bonchev–Trinajstić information content (AvgIpc) is 2.65. The Morgan fingerprint density at radius 3 is 2.65 bits per heavy atom. The van der Waals surface area contributed by atoms with Gasteiger partial charge in [0.15, 0.2) is 6.04 Å². The highest BCUT2D eigenvalue weighted by atomic mass is 35.5. The Morgan fingerprint density at radius 1 is 1.23 bits per heavy atom. The van der Waals surface area contributed by atoms with E-state index in [4.69, 9.17) is 21.1 Å². The number of anilines is 1. The highest BCUT2D eigenvalue weighted by molar-refractivity contribution is 6.32. The van der Waals surface area contributed by atoms with Gasteiger partial charge in [0.1, 0.15) is 5.75 Å². The summed E-state index contributed by atoms with van der Waals surface area (Å²) in [5.41, 5.74) is 1.60. The van der Waals surface area contributed by atoms with Crippen molar-refractivity contribution in [2.75, 3.05) is 32.2 Å². The largest absolute Gasteiger partial charge is 0.495 e. The van der Waals surface area contributed by atoms with Gasteiger partial charge < -0.3 is 20.1 Å². The minimum absolute atomic E-state index is 0.0890. The molecule has 0 fully saturated rings. The third-order valence-corrected chi connectivity index (χ3v) is 4.26. The fraction of sp³-hybridized carbons (Fsp3) is 0.350. The zero-order chi connectivity index (χ0) is 18.8. The summed E-state index contributed by atoms with van der Waals surface area (Å²) in [6, 6.07) is 14.6. The molecule has 0 aromatic heterocycles. The molecule has 0 radical (unpaired) electrons. The lowest BCUT2D eigenvalue weighted by molar-refractivity contribution is -0.682. The summed E-state index contributed by atoms with van der Waals surface area (Å²) >= 11 is 6.14. The number of nitrogens with one attached hydrogen (secondary N) is 1. The molecule has 5 nitrogen and oxygen atoms in total. The van der Waals surface area contributed by atoms with Crippen LogP contribution in [0.4, 0.5) is 5.69 Å². The number of carbonyl (C=O) groups excluding carboxylic acids is 1. The SMILES string of the molecule is CCOCCC[NH2+][C@H](C(=O)Nc1ccc(OC)c(Cl)c1)c1ccccc1. The molecule has 2 aromatic carbocycles. The number of rotatable bonds is 10. The van der Waals surface area contributed by atoms with Crippen LogP contribution in [0.15, 0.2) is 48.5 Å². The molecule has 140 valence electrons. The number of quaternary nitrogens is 1. The summed E-state index contributed by atoms with van der Waals surface area (Å²) in [6.45, 7) is 4.19. The Morgan fingerprint density at radius 2 is 2.00 bits per heavy atom. The molecule has 0 saturated carbocycles. The van der Waals surface area contributed by atoms with Gasteiger partial charge in [-0.05, 0) is 25.1 Å². The lowest BCUT2D eigenvalue weighted by atomic mass is 10.1. The zero-order valence-corrected chi connectivity index (χ0v) is 16.0. The first-order chi connectivity index (χ1) is 12.7. The first-order valence-electron chi connectivity index (χ1n) is 8.76. The van der Waals surface area contributed by atoms with Gasteiger partial charge in [0.05, 0.1) is 25.3 Å². The number of ether oxygens (including phenoxy) is 2. The second kappa shape index (κ2) is 10.8.